The molecule has 2 unspecified atom stereocenters. The van der Waals surface area contributed by atoms with E-state index >= 15 is 0 Å². The van der Waals surface area contributed by atoms with Gasteiger partial charge in [0.25, 0.3) is 6.41 Å². The highest BCUT2D eigenvalue weighted by Crippen LogP contribution is 2.32. The largest absolute Gasteiger partial charge is 0.445 e. The van der Waals surface area contributed by atoms with Crippen LogP contribution in [0.3, 0.4) is 0 Å². The quantitative estimate of drug-likeness (QED) is 0.341. The Balaban J connectivity index is 1.59. The van der Waals surface area contributed by atoms with Crippen LogP contribution in [-0.4, -0.2) is 44.9 Å². The number of carbonyl (C=O) groups excluding carboxylic acids is 1. The van der Waals surface area contributed by atoms with E-state index in [1.165, 1.54) is 0 Å². The number of nitrogens with zero attached hydrogens (tertiary/aromatic N) is 3. The zero-order chi connectivity index (χ0) is 24.5. The fourth-order valence-electron chi connectivity index (χ4n) is 3.86. The van der Waals surface area contributed by atoms with Crippen LogP contribution < -0.4 is 20.7 Å². The summed E-state index contributed by atoms with van der Waals surface area (Å²) in [5.41, 5.74) is 5.22. The highest BCUT2D eigenvalue weighted by molar-refractivity contribution is 5.94. The van der Waals surface area contributed by atoms with Gasteiger partial charge in [0.1, 0.15) is 22.9 Å². The smallest absolute Gasteiger partial charge is 0.279 e. The SMILES string of the molecule is CNC(C)C(=O)Nc1ccc(-c2c(C)nc3ccccn23)c(C#Cc2ccc3c(c2)NC(O)O3)n1. The molecule has 35 heavy (non-hydrogen) atoms. The van der Waals surface area contributed by atoms with Crippen molar-refractivity contribution in [3.63, 3.8) is 0 Å². The second-order valence-electron chi connectivity index (χ2n) is 8.14. The molecular weight excluding hydrogens is 444 g/mol. The third kappa shape index (κ3) is 4.40. The van der Waals surface area contributed by atoms with E-state index in [1.54, 1.807) is 32.2 Å². The van der Waals surface area contributed by atoms with Crippen molar-refractivity contribution < 1.29 is 14.6 Å². The fraction of sp³-hybridized carbons (Fsp3) is 0.192. The van der Waals surface area contributed by atoms with Crippen molar-refractivity contribution in [3.8, 4) is 28.8 Å². The Morgan fingerprint density at radius 1 is 1.20 bits per heavy atom. The number of likely N-dealkylation sites (N-methyl/N-ethyl adjacent to an activating group) is 1. The lowest BCUT2D eigenvalue weighted by Gasteiger charge is -2.12. The summed E-state index contributed by atoms with van der Waals surface area (Å²) in [7, 11) is 1.72. The number of hydrogen-bond donors (Lipinski definition) is 4. The molecule has 1 amide bonds. The lowest BCUT2D eigenvalue weighted by molar-refractivity contribution is -0.117. The molecular formula is C26H24N6O3. The molecule has 4 heterocycles. The van der Waals surface area contributed by atoms with E-state index < -0.39 is 6.41 Å². The first-order valence-electron chi connectivity index (χ1n) is 11.1. The molecule has 0 bridgehead atoms. The minimum atomic E-state index is -1.07. The van der Waals surface area contributed by atoms with Crippen LogP contribution in [0.4, 0.5) is 11.5 Å². The lowest BCUT2D eigenvalue weighted by Crippen LogP contribution is -2.35. The number of aliphatic hydroxyl groups is 1. The third-order valence-electron chi connectivity index (χ3n) is 5.75. The molecule has 3 aromatic heterocycles. The molecule has 0 saturated carbocycles. The van der Waals surface area contributed by atoms with Gasteiger partial charge >= 0.3 is 0 Å². The summed E-state index contributed by atoms with van der Waals surface area (Å²) in [5, 5.41) is 18.2. The summed E-state index contributed by atoms with van der Waals surface area (Å²) in [5.74, 6) is 7.09. The monoisotopic (exact) mass is 468 g/mol. The van der Waals surface area contributed by atoms with Gasteiger partial charge in [-0.2, -0.15) is 0 Å². The van der Waals surface area contributed by atoms with Crippen LogP contribution in [0.1, 0.15) is 23.9 Å². The number of amides is 1. The Labute approximate surface area is 202 Å². The highest BCUT2D eigenvalue weighted by atomic mass is 16.6. The minimum absolute atomic E-state index is 0.194. The van der Waals surface area contributed by atoms with E-state index in [0.29, 0.717) is 22.9 Å². The van der Waals surface area contributed by atoms with E-state index in [9.17, 15) is 9.90 Å². The van der Waals surface area contributed by atoms with Crippen LogP contribution in [0.15, 0.2) is 54.7 Å². The molecule has 0 radical (unpaired) electrons. The number of hydrogen-bond acceptors (Lipinski definition) is 7. The second-order valence-corrected chi connectivity index (χ2v) is 8.14. The molecule has 1 aromatic carbocycles. The first-order valence-corrected chi connectivity index (χ1v) is 11.1. The van der Waals surface area contributed by atoms with Crippen molar-refractivity contribution >= 4 is 23.1 Å². The van der Waals surface area contributed by atoms with Gasteiger partial charge in [-0.15, -0.1) is 0 Å². The maximum atomic E-state index is 12.4. The summed E-state index contributed by atoms with van der Waals surface area (Å²) >= 11 is 0. The van der Waals surface area contributed by atoms with Gasteiger partial charge < -0.3 is 25.8 Å². The predicted octanol–water partition coefficient (Wildman–Crippen LogP) is 2.73. The fourth-order valence-corrected chi connectivity index (χ4v) is 3.86. The average molecular weight is 469 g/mol. The van der Waals surface area contributed by atoms with Crippen LogP contribution in [0.5, 0.6) is 5.75 Å². The van der Waals surface area contributed by atoms with Crippen molar-refractivity contribution in [1.29, 1.82) is 0 Å². The Morgan fingerprint density at radius 2 is 2.06 bits per heavy atom. The molecule has 9 nitrogen and oxygen atoms in total. The summed E-state index contributed by atoms with van der Waals surface area (Å²) in [4.78, 5) is 21.8. The number of aliphatic hydroxyl groups excluding tert-OH is 1. The molecule has 0 aliphatic carbocycles. The molecule has 0 spiro atoms. The number of pyridine rings is 2. The number of aromatic nitrogens is 3. The van der Waals surface area contributed by atoms with Gasteiger partial charge in [-0.25, -0.2) is 9.97 Å². The lowest BCUT2D eigenvalue weighted by atomic mass is 10.1. The molecule has 1 aliphatic rings. The van der Waals surface area contributed by atoms with Crippen LogP contribution in [0, 0.1) is 18.8 Å². The number of nitrogens with one attached hydrogen (secondary N) is 3. The van der Waals surface area contributed by atoms with Crippen molar-refractivity contribution in [2.45, 2.75) is 26.3 Å². The normalized spacial score (nSPS) is 14.9. The van der Waals surface area contributed by atoms with E-state index in [1.807, 2.05) is 47.9 Å². The van der Waals surface area contributed by atoms with Crippen LogP contribution in [0.25, 0.3) is 16.9 Å². The maximum Gasteiger partial charge on any atom is 0.279 e. The van der Waals surface area contributed by atoms with Crippen molar-refractivity contribution in [1.82, 2.24) is 19.7 Å². The van der Waals surface area contributed by atoms with Gasteiger partial charge in [-0.1, -0.05) is 12.0 Å². The number of benzene rings is 1. The number of anilines is 2. The van der Waals surface area contributed by atoms with Crippen molar-refractivity contribution in [2.75, 3.05) is 17.7 Å². The highest BCUT2D eigenvalue weighted by Gasteiger charge is 2.19. The van der Waals surface area contributed by atoms with Crippen LogP contribution in [0.2, 0.25) is 0 Å². The van der Waals surface area contributed by atoms with Gasteiger partial charge in [0.2, 0.25) is 5.91 Å². The number of ether oxygens (including phenoxy) is 1. The molecule has 176 valence electrons. The van der Waals surface area contributed by atoms with Gasteiger partial charge in [-0.3, -0.25) is 9.20 Å². The number of aryl methyl sites for hydroxylation is 1. The second kappa shape index (κ2) is 9.10. The third-order valence-corrected chi connectivity index (χ3v) is 5.75. The maximum absolute atomic E-state index is 12.4. The summed E-state index contributed by atoms with van der Waals surface area (Å²) in [6.45, 7) is 3.72. The van der Waals surface area contributed by atoms with Gasteiger partial charge in [0.05, 0.1) is 23.1 Å². The van der Waals surface area contributed by atoms with Crippen LogP contribution in [-0.2, 0) is 4.79 Å². The van der Waals surface area contributed by atoms with E-state index in [2.05, 4.69) is 37.8 Å². The Morgan fingerprint density at radius 3 is 2.89 bits per heavy atom. The molecule has 0 fully saturated rings. The van der Waals surface area contributed by atoms with Gasteiger partial charge in [-0.05, 0) is 69.3 Å². The number of fused-ring (bicyclic) bond motifs is 2. The topological polar surface area (TPSA) is 113 Å². The molecule has 5 rings (SSSR count). The number of rotatable bonds is 4. The van der Waals surface area contributed by atoms with Gasteiger partial charge in [0, 0.05) is 17.3 Å². The number of carbonyl (C=O) groups is 1. The van der Waals surface area contributed by atoms with E-state index in [0.717, 1.165) is 28.2 Å². The van der Waals surface area contributed by atoms with Crippen molar-refractivity contribution in [2.24, 2.45) is 0 Å². The molecule has 0 saturated heterocycles. The zero-order valence-corrected chi connectivity index (χ0v) is 19.5. The minimum Gasteiger partial charge on any atom is -0.445 e. The molecule has 4 aromatic rings. The predicted molar refractivity (Wildman–Crippen MR) is 133 cm³/mol. The summed E-state index contributed by atoms with van der Waals surface area (Å²) in [6.07, 6.45) is 0.879. The summed E-state index contributed by atoms with van der Waals surface area (Å²) < 4.78 is 7.25. The first kappa shape index (κ1) is 22.4. The first-order chi connectivity index (χ1) is 16.9. The Kier molecular flexibility index (Phi) is 5.82. The van der Waals surface area contributed by atoms with Crippen molar-refractivity contribution in [3.05, 3.63) is 71.7 Å². The number of imidazole rings is 1. The Hall–Kier alpha value is -4.39. The van der Waals surface area contributed by atoms with E-state index in [-0.39, 0.29) is 11.9 Å². The standard InChI is InChI=1S/C26H24N6O3/c1-15-24(32-13-5-4-6-23(32)28-15)18-9-12-22(31-25(33)16(2)27-3)29-19(18)10-7-17-8-11-21-20(14-17)30-26(34)35-21/h4-6,8-9,11-14,16,26-27,30,34H,1-3H3,(H,29,31,33). The molecule has 9 heteroatoms. The Bertz CT molecular complexity index is 1500. The van der Waals surface area contributed by atoms with E-state index in [4.69, 9.17) is 4.74 Å². The average Bonchev–Trinajstić information content (AvgIpc) is 3.39. The van der Waals surface area contributed by atoms with Gasteiger partial charge in [0.15, 0.2) is 0 Å². The van der Waals surface area contributed by atoms with Crippen LogP contribution >= 0.6 is 0 Å². The molecule has 2 atom stereocenters. The molecule has 1 aliphatic heterocycles. The molecule has 4 N–H and O–H groups in total. The summed E-state index contributed by atoms with van der Waals surface area (Å²) in [6, 6.07) is 14.5. The zero-order valence-electron chi connectivity index (χ0n) is 19.5.